The summed E-state index contributed by atoms with van der Waals surface area (Å²) in [4.78, 5) is 11.7. The van der Waals surface area contributed by atoms with Crippen LogP contribution in [0.2, 0.25) is 0 Å². The van der Waals surface area contributed by atoms with Gasteiger partial charge in [0.15, 0.2) is 0 Å². The minimum Gasteiger partial charge on any atom is -0.454 e. The molecule has 2 N–H and O–H groups in total. The molecule has 0 aromatic heterocycles. The first-order chi connectivity index (χ1) is 8.86. The lowest BCUT2D eigenvalue weighted by Gasteiger charge is -2.49. The van der Waals surface area contributed by atoms with Gasteiger partial charge in [-0.1, -0.05) is 13.5 Å². The number of aliphatic hydroxyl groups is 2. The van der Waals surface area contributed by atoms with Crippen molar-refractivity contribution in [1.29, 1.82) is 0 Å². The maximum atomic E-state index is 11.7. The van der Waals surface area contributed by atoms with Gasteiger partial charge in [-0.05, 0) is 30.9 Å². The maximum absolute atomic E-state index is 11.7. The van der Waals surface area contributed by atoms with E-state index in [1.165, 1.54) is 0 Å². The van der Waals surface area contributed by atoms with Crippen LogP contribution in [0.5, 0.6) is 0 Å². The van der Waals surface area contributed by atoms with E-state index >= 15 is 0 Å². The molecule has 3 rings (SSSR count). The van der Waals surface area contributed by atoms with Crippen molar-refractivity contribution < 1.29 is 19.7 Å². The van der Waals surface area contributed by atoms with Gasteiger partial charge in [-0.3, -0.25) is 0 Å². The molecule has 0 aromatic rings. The molecule has 3 aliphatic rings. The zero-order valence-electron chi connectivity index (χ0n) is 11.3. The first kappa shape index (κ1) is 12.9. The predicted octanol–water partition coefficient (Wildman–Crippen LogP) is 1.33. The van der Waals surface area contributed by atoms with Gasteiger partial charge >= 0.3 is 5.97 Å². The van der Waals surface area contributed by atoms with Crippen LogP contribution in [0.15, 0.2) is 23.3 Å². The summed E-state index contributed by atoms with van der Waals surface area (Å²) in [6.07, 6.45) is 0.375. The van der Waals surface area contributed by atoms with Gasteiger partial charge in [0.2, 0.25) is 0 Å². The van der Waals surface area contributed by atoms with Crippen LogP contribution in [0.4, 0.5) is 0 Å². The predicted molar refractivity (Wildman–Crippen MR) is 69.2 cm³/mol. The number of ether oxygens (including phenoxy) is 1. The molecule has 1 aliphatic heterocycles. The first-order valence-corrected chi connectivity index (χ1v) is 6.83. The van der Waals surface area contributed by atoms with Crippen LogP contribution in [0.3, 0.4) is 0 Å². The van der Waals surface area contributed by atoms with Gasteiger partial charge < -0.3 is 14.9 Å². The molecule has 0 bridgehead atoms. The molecule has 4 nitrogen and oxygen atoms in total. The highest BCUT2D eigenvalue weighted by atomic mass is 16.6. The lowest BCUT2D eigenvalue weighted by Crippen LogP contribution is -2.49. The van der Waals surface area contributed by atoms with Crippen molar-refractivity contribution in [3.8, 4) is 0 Å². The quantitative estimate of drug-likeness (QED) is 0.393. The minimum absolute atomic E-state index is 0.00280. The number of hydrogen-bond acceptors (Lipinski definition) is 4. The van der Waals surface area contributed by atoms with Crippen molar-refractivity contribution >= 4 is 5.97 Å². The third kappa shape index (κ3) is 1.56. The van der Waals surface area contributed by atoms with Crippen molar-refractivity contribution in [2.24, 2.45) is 11.3 Å². The number of carbonyl (C=O) groups excluding carboxylic acids is 1. The van der Waals surface area contributed by atoms with Gasteiger partial charge in [-0.2, -0.15) is 0 Å². The normalized spacial score (nSPS) is 45.9. The number of esters is 1. The standard InChI is InChI=1S/C15H20O4/c1-7-9-4-5-15(3)11(17)6-10(16)8(2)12(15)13(9)19-14(7)18/h9-11,13,16-17H,1,4-6H2,2-3H3/t9-,10+,11+,13-,15-/m0/s1. The SMILES string of the molecule is C=C1C(=O)O[C@@H]2C3=C(C)[C@H](O)C[C@@H](O)[C@]3(C)CC[C@@H]12. The van der Waals surface area contributed by atoms with Gasteiger partial charge in [0.25, 0.3) is 0 Å². The maximum Gasteiger partial charge on any atom is 0.334 e. The number of fused-ring (bicyclic) bond motifs is 3. The zero-order chi connectivity index (χ0) is 13.9. The Morgan fingerprint density at radius 3 is 2.79 bits per heavy atom. The molecule has 5 atom stereocenters. The molecule has 104 valence electrons. The van der Waals surface area contributed by atoms with Crippen LogP contribution < -0.4 is 0 Å². The van der Waals surface area contributed by atoms with Gasteiger partial charge in [0.1, 0.15) is 6.10 Å². The largest absolute Gasteiger partial charge is 0.454 e. The van der Waals surface area contributed by atoms with Crippen LogP contribution in [-0.4, -0.2) is 34.5 Å². The van der Waals surface area contributed by atoms with Gasteiger partial charge in [-0.15, -0.1) is 0 Å². The zero-order valence-corrected chi connectivity index (χ0v) is 11.3. The monoisotopic (exact) mass is 264 g/mol. The molecule has 0 unspecified atom stereocenters. The Labute approximate surface area is 112 Å². The summed E-state index contributed by atoms with van der Waals surface area (Å²) in [5.74, 6) is -0.336. The van der Waals surface area contributed by atoms with Crippen LogP contribution in [0.25, 0.3) is 0 Å². The average molecular weight is 264 g/mol. The highest BCUT2D eigenvalue weighted by Gasteiger charge is 2.55. The number of rotatable bonds is 0. The Morgan fingerprint density at radius 2 is 2.11 bits per heavy atom. The molecule has 0 amide bonds. The summed E-state index contributed by atoms with van der Waals surface area (Å²) in [5, 5.41) is 20.4. The molecule has 4 heteroatoms. The lowest BCUT2D eigenvalue weighted by atomic mass is 9.58. The fourth-order valence-electron chi connectivity index (χ4n) is 3.96. The van der Waals surface area contributed by atoms with Crippen molar-refractivity contribution in [3.63, 3.8) is 0 Å². The van der Waals surface area contributed by atoms with E-state index < -0.39 is 17.6 Å². The molecular formula is C15H20O4. The van der Waals surface area contributed by atoms with Gasteiger partial charge in [0, 0.05) is 23.3 Å². The van der Waals surface area contributed by atoms with E-state index in [0.717, 1.165) is 24.0 Å². The minimum atomic E-state index is -0.649. The third-order valence-electron chi connectivity index (χ3n) is 5.29. The van der Waals surface area contributed by atoms with Crippen molar-refractivity contribution in [2.75, 3.05) is 0 Å². The fourth-order valence-corrected chi connectivity index (χ4v) is 3.96. The van der Waals surface area contributed by atoms with Crippen molar-refractivity contribution in [2.45, 2.75) is 51.4 Å². The van der Waals surface area contributed by atoms with Crippen molar-refractivity contribution in [3.05, 3.63) is 23.3 Å². The second-order valence-corrected chi connectivity index (χ2v) is 6.28. The lowest BCUT2D eigenvalue weighted by molar-refractivity contribution is -0.139. The van der Waals surface area contributed by atoms with Gasteiger partial charge in [-0.25, -0.2) is 4.79 Å². The smallest absolute Gasteiger partial charge is 0.334 e. The summed E-state index contributed by atoms with van der Waals surface area (Å²) in [6.45, 7) is 7.70. The molecule has 0 aromatic carbocycles. The Morgan fingerprint density at radius 1 is 1.42 bits per heavy atom. The topological polar surface area (TPSA) is 66.8 Å². The number of carbonyl (C=O) groups is 1. The molecule has 0 radical (unpaired) electrons. The van der Waals surface area contributed by atoms with Gasteiger partial charge in [0.05, 0.1) is 12.2 Å². The summed E-state index contributed by atoms with van der Waals surface area (Å²) < 4.78 is 5.46. The second-order valence-electron chi connectivity index (χ2n) is 6.28. The van der Waals surface area contributed by atoms with E-state index in [4.69, 9.17) is 4.74 Å². The molecular weight excluding hydrogens is 244 g/mol. The summed E-state index contributed by atoms with van der Waals surface area (Å²) in [5.41, 5.74) is 1.91. The van der Waals surface area contributed by atoms with Crippen LogP contribution in [-0.2, 0) is 9.53 Å². The Balaban J connectivity index is 2.11. The number of hydrogen-bond donors (Lipinski definition) is 2. The highest BCUT2D eigenvalue weighted by molar-refractivity contribution is 5.91. The third-order valence-corrected chi connectivity index (χ3v) is 5.29. The second kappa shape index (κ2) is 3.93. The number of aliphatic hydroxyl groups excluding tert-OH is 2. The van der Waals surface area contributed by atoms with E-state index in [9.17, 15) is 15.0 Å². The van der Waals surface area contributed by atoms with Crippen LogP contribution in [0.1, 0.15) is 33.1 Å². The molecule has 1 saturated heterocycles. The summed E-state index contributed by atoms with van der Waals surface area (Å²) in [6, 6.07) is 0. The Kier molecular flexibility index (Phi) is 2.67. The Hall–Kier alpha value is -1.13. The van der Waals surface area contributed by atoms with E-state index in [-0.39, 0.29) is 18.0 Å². The Bertz CT molecular complexity index is 492. The van der Waals surface area contributed by atoms with E-state index in [1.54, 1.807) is 0 Å². The summed E-state index contributed by atoms with van der Waals surface area (Å²) in [7, 11) is 0. The van der Waals surface area contributed by atoms with E-state index in [2.05, 4.69) is 6.58 Å². The average Bonchev–Trinajstić information content (AvgIpc) is 2.63. The molecule has 2 fully saturated rings. The molecule has 0 spiro atoms. The van der Waals surface area contributed by atoms with E-state index in [0.29, 0.717) is 12.0 Å². The highest BCUT2D eigenvalue weighted by Crippen LogP contribution is 2.55. The van der Waals surface area contributed by atoms with Crippen LogP contribution in [0, 0.1) is 11.3 Å². The molecule has 1 heterocycles. The van der Waals surface area contributed by atoms with E-state index in [1.807, 2.05) is 13.8 Å². The van der Waals surface area contributed by atoms with Crippen LogP contribution >= 0.6 is 0 Å². The first-order valence-electron chi connectivity index (χ1n) is 6.83. The molecule has 19 heavy (non-hydrogen) atoms. The molecule has 2 aliphatic carbocycles. The summed E-state index contributed by atoms with van der Waals surface area (Å²) >= 11 is 0. The molecule has 1 saturated carbocycles. The fraction of sp³-hybridized carbons (Fsp3) is 0.667. The van der Waals surface area contributed by atoms with Crippen molar-refractivity contribution in [1.82, 2.24) is 0 Å².